The van der Waals surface area contributed by atoms with Gasteiger partial charge in [-0.3, -0.25) is 0 Å². The normalized spacial score (nSPS) is 12.4. The van der Waals surface area contributed by atoms with E-state index < -0.39 is 20.4 Å². The lowest BCUT2D eigenvalue weighted by molar-refractivity contribution is -0.158. The minimum absolute atomic E-state index is 0.310. The minimum atomic E-state index is -2.27. The van der Waals surface area contributed by atoms with Crippen LogP contribution in [0.5, 0.6) is 0 Å². The topological polar surface area (TPSA) is 52.6 Å². The zero-order valence-corrected chi connectivity index (χ0v) is 25.8. The molecule has 212 valence electrons. The molecular formula is C31H60O4Si. The Labute approximate surface area is 225 Å². The molecule has 0 fully saturated rings. The molecule has 1 atom stereocenters. The second-order valence-electron chi connectivity index (χ2n) is 11.0. The SMILES string of the molecule is C=C(C)C(=O)OC(C)C(=O)O[Si](CCCCCCCC)(CCCCCCCC)CCCCCCCC. The molecule has 0 bridgehead atoms. The van der Waals surface area contributed by atoms with Crippen LogP contribution >= 0.6 is 0 Å². The van der Waals surface area contributed by atoms with Crippen LogP contribution in [-0.4, -0.2) is 26.4 Å². The van der Waals surface area contributed by atoms with Crippen LogP contribution < -0.4 is 0 Å². The molecule has 0 radical (unpaired) electrons. The van der Waals surface area contributed by atoms with Crippen molar-refractivity contribution >= 4 is 20.3 Å². The first-order chi connectivity index (χ1) is 17.3. The summed E-state index contributed by atoms with van der Waals surface area (Å²) in [5.74, 6) is -0.867. The molecule has 0 aliphatic heterocycles. The predicted octanol–water partition coefficient (Wildman–Crippen LogP) is 10.1. The Balaban J connectivity index is 5.30. The highest BCUT2D eigenvalue weighted by Crippen LogP contribution is 2.32. The van der Waals surface area contributed by atoms with Gasteiger partial charge in [0.15, 0.2) is 6.10 Å². The maximum absolute atomic E-state index is 13.1. The molecule has 1 unspecified atom stereocenters. The molecule has 0 amide bonds. The lowest BCUT2D eigenvalue weighted by Crippen LogP contribution is -2.43. The molecule has 0 saturated carbocycles. The van der Waals surface area contributed by atoms with Gasteiger partial charge in [-0.05, 0) is 32.0 Å². The van der Waals surface area contributed by atoms with E-state index in [0.717, 1.165) is 37.4 Å². The van der Waals surface area contributed by atoms with E-state index in [9.17, 15) is 9.59 Å². The Morgan fingerprint density at radius 2 is 0.972 bits per heavy atom. The third kappa shape index (κ3) is 18.2. The summed E-state index contributed by atoms with van der Waals surface area (Å²) in [6.45, 7) is 13.6. The molecule has 0 aromatic carbocycles. The summed E-state index contributed by atoms with van der Waals surface area (Å²) >= 11 is 0. The number of carbonyl (C=O) groups excluding carboxylic acids is 2. The van der Waals surface area contributed by atoms with Gasteiger partial charge in [0, 0.05) is 5.57 Å². The quantitative estimate of drug-likeness (QED) is 0.0516. The molecule has 0 heterocycles. The average Bonchev–Trinajstić information content (AvgIpc) is 2.85. The summed E-state index contributed by atoms with van der Waals surface area (Å²) < 4.78 is 11.8. The smallest absolute Gasteiger partial charge is 0.333 e. The fourth-order valence-corrected chi connectivity index (χ4v) is 9.15. The number of carbonyl (C=O) groups is 2. The van der Waals surface area contributed by atoms with Gasteiger partial charge in [-0.15, -0.1) is 0 Å². The highest BCUT2D eigenvalue weighted by Gasteiger charge is 2.38. The fraction of sp³-hybridized carbons (Fsp3) is 0.871. The van der Waals surface area contributed by atoms with E-state index in [4.69, 9.17) is 9.16 Å². The van der Waals surface area contributed by atoms with Crippen molar-refractivity contribution in [1.29, 1.82) is 0 Å². The first-order valence-corrected chi connectivity index (χ1v) is 17.9. The lowest BCUT2D eigenvalue weighted by Gasteiger charge is -2.33. The molecule has 0 aromatic rings. The second-order valence-corrected chi connectivity index (χ2v) is 15.1. The molecule has 0 aliphatic carbocycles. The van der Waals surface area contributed by atoms with Crippen LogP contribution in [0.25, 0.3) is 0 Å². The number of hydrogen-bond acceptors (Lipinski definition) is 4. The molecule has 36 heavy (non-hydrogen) atoms. The summed E-state index contributed by atoms with van der Waals surface area (Å²) in [6, 6.07) is 3.15. The number of ether oxygens (including phenoxy) is 1. The van der Waals surface area contributed by atoms with Crippen molar-refractivity contribution < 1.29 is 18.8 Å². The van der Waals surface area contributed by atoms with Gasteiger partial charge >= 0.3 is 11.9 Å². The van der Waals surface area contributed by atoms with Crippen molar-refractivity contribution in [3.8, 4) is 0 Å². The summed E-state index contributed by atoms with van der Waals surface area (Å²) in [7, 11) is -2.27. The number of esters is 1. The molecule has 4 nitrogen and oxygen atoms in total. The van der Waals surface area contributed by atoms with Gasteiger partial charge in [-0.2, -0.15) is 0 Å². The maximum Gasteiger partial charge on any atom is 0.333 e. The van der Waals surface area contributed by atoms with Gasteiger partial charge in [-0.25, -0.2) is 9.59 Å². The van der Waals surface area contributed by atoms with Crippen molar-refractivity contribution in [1.82, 2.24) is 0 Å². The van der Waals surface area contributed by atoms with E-state index in [1.165, 1.54) is 96.3 Å². The van der Waals surface area contributed by atoms with Crippen LogP contribution in [0.4, 0.5) is 0 Å². The average molecular weight is 525 g/mol. The molecular weight excluding hydrogens is 464 g/mol. The third-order valence-electron chi connectivity index (χ3n) is 7.24. The molecule has 0 aromatic heterocycles. The van der Waals surface area contributed by atoms with Gasteiger partial charge in [0.1, 0.15) is 0 Å². The monoisotopic (exact) mass is 524 g/mol. The Morgan fingerprint density at radius 3 is 1.31 bits per heavy atom. The van der Waals surface area contributed by atoms with E-state index in [2.05, 4.69) is 27.4 Å². The van der Waals surface area contributed by atoms with Crippen molar-refractivity contribution in [2.75, 3.05) is 0 Å². The Bertz CT molecular complexity index is 534. The van der Waals surface area contributed by atoms with Crippen molar-refractivity contribution in [2.45, 2.75) is 174 Å². The third-order valence-corrected chi connectivity index (χ3v) is 11.7. The molecule has 0 aliphatic rings. The first kappa shape index (κ1) is 34.9. The maximum atomic E-state index is 13.1. The van der Waals surface area contributed by atoms with E-state index in [0.29, 0.717) is 5.57 Å². The molecule has 5 heteroatoms. The van der Waals surface area contributed by atoms with Gasteiger partial charge < -0.3 is 9.16 Å². The van der Waals surface area contributed by atoms with E-state index in [1.54, 1.807) is 13.8 Å². The van der Waals surface area contributed by atoms with E-state index in [-0.39, 0.29) is 5.97 Å². The second kappa shape index (κ2) is 23.0. The molecule has 0 spiro atoms. The van der Waals surface area contributed by atoms with Crippen LogP contribution in [0.3, 0.4) is 0 Å². The zero-order chi connectivity index (χ0) is 27.1. The minimum Gasteiger partial charge on any atom is -0.516 e. The van der Waals surface area contributed by atoms with E-state index >= 15 is 0 Å². The first-order valence-electron chi connectivity index (χ1n) is 15.4. The largest absolute Gasteiger partial charge is 0.516 e. The number of hydrogen-bond donors (Lipinski definition) is 0. The Kier molecular flexibility index (Phi) is 22.3. The Morgan fingerprint density at radius 1 is 0.639 bits per heavy atom. The zero-order valence-electron chi connectivity index (χ0n) is 24.8. The highest BCUT2D eigenvalue weighted by atomic mass is 28.4. The lowest BCUT2D eigenvalue weighted by atomic mass is 10.1. The standard InChI is InChI=1S/C31H60O4Si/c1-7-10-13-16-19-22-25-36(26-23-20-17-14-11-8-2,27-24-21-18-15-12-9-3)35-31(33)29(6)34-30(32)28(4)5/h29H,4,7-27H2,1-3,5-6H3. The van der Waals surface area contributed by atoms with Crippen molar-refractivity contribution in [2.24, 2.45) is 0 Å². The van der Waals surface area contributed by atoms with Gasteiger partial charge in [0.25, 0.3) is 8.32 Å². The molecule has 0 N–H and O–H groups in total. The summed E-state index contributed by atoms with van der Waals surface area (Å²) in [6.07, 6.45) is 21.6. The summed E-state index contributed by atoms with van der Waals surface area (Å²) in [4.78, 5) is 25.1. The Hall–Kier alpha value is -1.10. The highest BCUT2D eigenvalue weighted by molar-refractivity contribution is 6.75. The van der Waals surface area contributed by atoms with Gasteiger partial charge in [0.2, 0.25) is 0 Å². The van der Waals surface area contributed by atoms with Crippen LogP contribution in [0.1, 0.15) is 150 Å². The number of unbranched alkanes of at least 4 members (excludes halogenated alkanes) is 15. The summed E-state index contributed by atoms with van der Waals surface area (Å²) in [5, 5.41) is 0. The van der Waals surface area contributed by atoms with Gasteiger partial charge in [-0.1, -0.05) is 143 Å². The fourth-order valence-electron chi connectivity index (χ4n) is 4.82. The van der Waals surface area contributed by atoms with Crippen LogP contribution in [0.2, 0.25) is 18.1 Å². The molecule has 0 saturated heterocycles. The van der Waals surface area contributed by atoms with Gasteiger partial charge in [0.05, 0.1) is 0 Å². The summed E-state index contributed by atoms with van der Waals surface area (Å²) in [5.41, 5.74) is 0.310. The van der Waals surface area contributed by atoms with E-state index in [1.807, 2.05) is 0 Å². The van der Waals surface area contributed by atoms with Crippen molar-refractivity contribution in [3.05, 3.63) is 12.2 Å². The van der Waals surface area contributed by atoms with Crippen LogP contribution in [-0.2, 0) is 18.8 Å². The predicted molar refractivity (Wildman–Crippen MR) is 157 cm³/mol. The molecule has 0 rings (SSSR count). The number of rotatable bonds is 25. The van der Waals surface area contributed by atoms with Crippen molar-refractivity contribution in [3.63, 3.8) is 0 Å². The van der Waals surface area contributed by atoms with Crippen LogP contribution in [0, 0.1) is 0 Å². The van der Waals surface area contributed by atoms with Crippen LogP contribution in [0.15, 0.2) is 12.2 Å².